The van der Waals surface area contributed by atoms with E-state index in [0.717, 1.165) is 25.9 Å². The summed E-state index contributed by atoms with van der Waals surface area (Å²) in [6.45, 7) is 6.09. The Labute approximate surface area is 125 Å². The van der Waals surface area contributed by atoms with Crippen molar-refractivity contribution in [1.29, 1.82) is 0 Å². The Balaban J connectivity index is 2.04. The van der Waals surface area contributed by atoms with E-state index in [1.807, 2.05) is 11.3 Å². The van der Waals surface area contributed by atoms with Crippen LogP contribution in [0.5, 0.6) is 0 Å². The molecule has 0 spiro atoms. The summed E-state index contributed by atoms with van der Waals surface area (Å²) in [5.41, 5.74) is 6.22. The van der Waals surface area contributed by atoms with Crippen LogP contribution in [0.2, 0.25) is 0 Å². The third-order valence-corrected chi connectivity index (χ3v) is 5.16. The van der Waals surface area contributed by atoms with Crippen molar-refractivity contribution in [2.24, 2.45) is 11.7 Å². The molecule has 0 bridgehead atoms. The topological polar surface area (TPSA) is 58.4 Å². The molecule has 0 aliphatic carbocycles. The first-order chi connectivity index (χ1) is 9.52. The van der Waals surface area contributed by atoms with E-state index < -0.39 is 0 Å². The molecule has 2 atom stereocenters. The molecule has 3 N–H and O–H groups in total. The van der Waals surface area contributed by atoms with Crippen molar-refractivity contribution >= 4 is 17.2 Å². The summed E-state index contributed by atoms with van der Waals surface area (Å²) in [5.74, 6) is 0.337. The van der Waals surface area contributed by atoms with Gasteiger partial charge in [-0.15, -0.1) is 11.3 Å². The highest BCUT2D eigenvalue weighted by Gasteiger charge is 2.31. The smallest absolute Gasteiger partial charge is 0.222 e. The Bertz CT molecular complexity index is 450. The van der Waals surface area contributed by atoms with Gasteiger partial charge in [0, 0.05) is 28.8 Å². The number of hydrogen-bond acceptors (Lipinski definition) is 4. The molecule has 0 aromatic carbocycles. The van der Waals surface area contributed by atoms with Gasteiger partial charge < -0.3 is 11.1 Å². The zero-order valence-corrected chi connectivity index (χ0v) is 13.4. The zero-order chi connectivity index (χ0) is 14.7. The molecular weight excluding hydrogens is 270 g/mol. The second kappa shape index (κ2) is 6.70. The highest BCUT2D eigenvalue weighted by atomic mass is 32.1. The van der Waals surface area contributed by atoms with E-state index in [0.29, 0.717) is 0 Å². The molecule has 1 saturated heterocycles. The Hall–Kier alpha value is -0.910. The van der Waals surface area contributed by atoms with Gasteiger partial charge in [-0.1, -0.05) is 0 Å². The van der Waals surface area contributed by atoms with Gasteiger partial charge in [0.25, 0.3) is 0 Å². The minimum atomic E-state index is 0.101. The number of nitrogens with zero attached hydrogens (tertiary/aromatic N) is 1. The Kier molecular flexibility index (Phi) is 5.18. The van der Waals surface area contributed by atoms with Crippen LogP contribution in [0.1, 0.15) is 35.6 Å². The fourth-order valence-corrected chi connectivity index (χ4v) is 4.16. The fraction of sp³-hybridized carbons (Fsp3) is 0.667. The maximum absolute atomic E-state index is 11.7. The average Bonchev–Trinajstić information content (AvgIpc) is 2.85. The van der Waals surface area contributed by atoms with Gasteiger partial charge >= 0.3 is 0 Å². The number of thiophene rings is 1. The van der Waals surface area contributed by atoms with Gasteiger partial charge in [0.05, 0.1) is 6.04 Å². The molecule has 1 aliphatic rings. The summed E-state index contributed by atoms with van der Waals surface area (Å²) >= 11 is 1.83. The van der Waals surface area contributed by atoms with Crippen molar-refractivity contribution in [3.63, 3.8) is 0 Å². The number of piperidine rings is 1. The quantitative estimate of drug-likeness (QED) is 0.892. The minimum absolute atomic E-state index is 0.101. The van der Waals surface area contributed by atoms with E-state index >= 15 is 0 Å². The molecule has 2 heterocycles. The highest BCUT2D eigenvalue weighted by Crippen LogP contribution is 2.32. The number of likely N-dealkylation sites (tertiary alicyclic amines) is 1. The average molecular weight is 295 g/mol. The van der Waals surface area contributed by atoms with Gasteiger partial charge in [-0.2, -0.15) is 0 Å². The monoisotopic (exact) mass is 295 g/mol. The number of carbonyl (C=O) groups excluding carboxylic acids is 1. The lowest BCUT2D eigenvalue weighted by molar-refractivity contribution is -0.126. The molecule has 1 fully saturated rings. The molecule has 5 heteroatoms. The maximum Gasteiger partial charge on any atom is 0.222 e. The summed E-state index contributed by atoms with van der Waals surface area (Å²) in [7, 11) is 1.72. The largest absolute Gasteiger partial charge is 0.359 e. The van der Waals surface area contributed by atoms with E-state index in [1.165, 1.54) is 9.75 Å². The Morgan fingerprint density at radius 1 is 1.45 bits per heavy atom. The molecule has 1 aromatic rings. The number of carbonyl (C=O) groups is 1. The first-order valence-electron chi connectivity index (χ1n) is 7.30. The molecule has 4 nitrogen and oxygen atoms in total. The molecule has 2 unspecified atom stereocenters. The van der Waals surface area contributed by atoms with E-state index in [2.05, 4.69) is 36.2 Å². The van der Waals surface area contributed by atoms with Crippen LogP contribution in [-0.4, -0.2) is 37.0 Å². The van der Waals surface area contributed by atoms with Crippen LogP contribution in [0, 0.1) is 12.8 Å². The van der Waals surface area contributed by atoms with Gasteiger partial charge in [0.15, 0.2) is 0 Å². The number of nitrogens with two attached hydrogens (primary N) is 1. The van der Waals surface area contributed by atoms with Crippen LogP contribution in [0.4, 0.5) is 0 Å². The molecule has 2 rings (SSSR count). The van der Waals surface area contributed by atoms with Crippen molar-refractivity contribution < 1.29 is 4.79 Å². The molecule has 0 saturated carbocycles. The van der Waals surface area contributed by atoms with Crippen LogP contribution in [0.25, 0.3) is 0 Å². The van der Waals surface area contributed by atoms with Gasteiger partial charge in [0.2, 0.25) is 5.91 Å². The lowest BCUT2D eigenvalue weighted by Crippen LogP contribution is -2.45. The van der Waals surface area contributed by atoms with Crippen LogP contribution in [-0.2, 0) is 4.79 Å². The first-order valence-corrected chi connectivity index (χ1v) is 8.12. The lowest BCUT2D eigenvalue weighted by Gasteiger charge is -2.38. The molecule has 1 aromatic heterocycles. The molecule has 112 valence electrons. The Morgan fingerprint density at radius 2 is 2.10 bits per heavy atom. The van der Waals surface area contributed by atoms with E-state index in [-0.39, 0.29) is 23.9 Å². The highest BCUT2D eigenvalue weighted by molar-refractivity contribution is 7.12. The SMILES string of the molecule is CNC(=O)C1CCN(C(c2ccc(C)s2)C(C)N)CC1. The number of rotatable bonds is 4. The molecular formula is C15H25N3OS. The van der Waals surface area contributed by atoms with Crippen LogP contribution in [0.15, 0.2) is 12.1 Å². The molecule has 0 radical (unpaired) electrons. The third kappa shape index (κ3) is 3.40. The predicted molar refractivity (Wildman–Crippen MR) is 83.8 cm³/mol. The van der Waals surface area contributed by atoms with Gasteiger partial charge in [-0.3, -0.25) is 9.69 Å². The summed E-state index contributed by atoms with van der Waals surface area (Å²) in [5, 5.41) is 2.76. The van der Waals surface area contributed by atoms with Gasteiger partial charge in [0.1, 0.15) is 0 Å². The minimum Gasteiger partial charge on any atom is -0.359 e. The summed E-state index contributed by atoms with van der Waals surface area (Å²) in [6.07, 6.45) is 1.85. The van der Waals surface area contributed by atoms with Crippen LogP contribution < -0.4 is 11.1 Å². The van der Waals surface area contributed by atoms with Crippen LogP contribution in [0.3, 0.4) is 0 Å². The number of amides is 1. The standard InChI is InChI=1S/C15H25N3OS/c1-10-4-5-13(20-10)14(11(2)16)18-8-6-12(7-9-18)15(19)17-3/h4-5,11-12,14H,6-9,16H2,1-3H3,(H,17,19). The predicted octanol–water partition coefficient (Wildman–Crippen LogP) is 1.90. The maximum atomic E-state index is 11.7. The zero-order valence-electron chi connectivity index (χ0n) is 12.6. The van der Waals surface area contributed by atoms with Crippen molar-refractivity contribution in [3.8, 4) is 0 Å². The second-order valence-electron chi connectivity index (χ2n) is 5.68. The number of hydrogen-bond donors (Lipinski definition) is 2. The van der Waals surface area contributed by atoms with Crippen LogP contribution >= 0.6 is 11.3 Å². The molecule has 20 heavy (non-hydrogen) atoms. The van der Waals surface area contributed by atoms with Gasteiger partial charge in [-0.05, 0) is 51.9 Å². The van der Waals surface area contributed by atoms with E-state index in [4.69, 9.17) is 5.73 Å². The lowest BCUT2D eigenvalue weighted by atomic mass is 9.93. The van der Waals surface area contributed by atoms with Crippen molar-refractivity contribution in [2.45, 2.75) is 38.8 Å². The second-order valence-corrected chi connectivity index (χ2v) is 7.00. The normalized spacial score (nSPS) is 20.6. The summed E-state index contributed by atoms with van der Waals surface area (Å²) in [4.78, 5) is 16.8. The van der Waals surface area contributed by atoms with Crippen molar-refractivity contribution in [3.05, 3.63) is 21.9 Å². The van der Waals surface area contributed by atoms with Crippen molar-refractivity contribution in [2.75, 3.05) is 20.1 Å². The third-order valence-electron chi connectivity index (χ3n) is 4.09. The van der Waals surface area contributed by atoms with Crippen molar-refractivity contribution in [1.82, 2.24) is 10.2 Å². The molecule has 1 amide bonds. The summed E-state index contributed by atoms with van der Waals surface area (Å²) < 4.78 is 0. The van der Waals surface area contributed by atoms with E-state index in [9.17, 15) is 4.79 Å². The number of aryl methyl sites for hydroxylation is 1. The first kappa shape index (κ1) is 15.5. The number of nitrogens with one attached hydrogen (secondary N) is 1. The van der Waals surface area contributed by atoms with Gasteiger partial charge in [-0.25, -0.2) is 0 Å². The molecule has 1 aliphatic heterocycles. The van der Waals surface area contributed by atoms with E-state index in [1.54, 1.807) is 7.05 Å². The summed E-state index contributed by atoms with van der Waals surface area (Å²) in [6, 6.07) is 4.73. The Morgan fingerprint density at radius 3 is 2.55 bits per heavy atom. The fourth-order valence-electron chi connectivity index (χ4n) is 3.03.